The zero-order valence-corrected chi connectivity index (χ0v) is 8.70. The van der Waals surface area contributed by atoms with Crippen molar-refractivity contribution in [3.63, 3.8) is 0 Å². The van der Waals surface area contributed by atoms with E-state index in [0.717, 1.165) is 30.3 Å². The van der Waals surface area contributed by atoms with Gasteiger partial charge in [0.15, 0.2) is 0 Å². The molecule has 0 saturated heterocycles. The Balaban J connectivity index is 1.92. The first-order valence-electron chi connectivity index (χ1n) is 5.56. The van der Waals surface area contributed by atoms with Gasteiger partial charge in [0.2, 0.25) is 0 Å². The molecule has 1 aliphatic rings. The zero-order chi connectivity index (χ0) is 9.97. The minimum Gasteiger partial charge on any atom is -0.463 e. The summed E-state index contributed by atoms with van der Waals surface area (Å²) in [4.78, 5) is 0. The second-order valence-corrected chi connectivity index (χ2v) is 4.21. The van der Waals surface area contributed by atoms with Crippen LogP contribution in [0.4, 0.5) is 0 Å². The highest BCUT2D eigenvalue weighted by Gasteiger charge is 2.23. The molecule has 1 unspecified atom stereocenters. The molecule has 1 aliphatic carbocycles. The van der Waals surface area contributed by atoms with Crippen molar-refractivity contribution < 1.29 is 9.52 Å². The third-order valence-electron chi connectivity index (χ3n) is 3.14. The summed E-state index contributed by atoms with van der Waals surface area (Å²) >= 11 is 0. The summed E-state index contributed by atoms with van der Waals surface area (Å²) in [7, 11) is 0. The molecule has 0 aliphatic heterocycles. The first-order valence-corrected chi connectivity index (χ1v) is 5.56. The number of hydrogen-bond acceptors (Lipinski definition) is 2. The van der Waals surface area contributed by atoms with E-state index in [-0.39, 0.29) is 6.10 Å². The second-order valence-electron chi connectivity index (χ2n) is 4.21. The highest BCUT2D eigenvalue weighted by molar-refractivity contribution is 5.09. The van der Waals surface area contributed by atoms with Crippen molar-refractivity contribution in [3.8, 4) is 0 Å². The van der Waals surface area contributed by atoms with Crippen LogP contribution in [0.5, 0.6) is 0 Å². The van der Waals surface area contributed by atoms with Crippen LogP contribution in [-0.4, -0.2) is 5.11 Å². The van der Waals surface area contributed by atoms with Gasteiger partial charge in [-0.15, -0.1) is 0 Å². The van der Waals surface area contributed by atoms with Gasteiger partial charge in [0.05, 0.1) is 0 Å². The fourth-order valence-electron chi connectivity index (χ4n) is 1.92. The average Bonchev–Trinajstić information content (AvgIpc) is 2.59. The molecular formula is C12H18O2. The van der Waals surface area contributed by atoms with Crippen LogP contribution in [0.1, 0.15) is 50.2 Å². The summed E-state index contributed by atoms with van der Waals surface area (Å²) in [6, 6.07) is 3.86. The number of aliphatic hydroxyl groups excluding tert-OH is 1. The summed E-state index contributed by atoms with van der Waals surface area (Å²) in [6.45, 7) is 2.06. The van der Waals surface area contributed by atoms with Gasteiger partial charge in [0.1, 0.15) is 17.6 Å². The van der Waals surface area contributed by atoms with Crippen molar-refractivity contribution in [2.75, 3.05) is 0 Å². The molecule has 1 aromatic heterocycles. The lowest BCUT2D eigenvalue weighted by Gasteiger charge is -2.26. The average molecular weight is 194 g/mol. The van der Waals surface area contributed by atoms with Crippen LogP contribution in [0.2, 0.25) is 0 Å². The van der Waals surface area contributed by atoms with Gasteiger partial charge in [-0.05, 0) is 24.5 Å². The molecule has 1 saturated carbocycles. The lowest BCUT2D eigenvalue weighted by Crippen LogP contribution is -2.14. The third-order valence-corrected chi connectivity index (χ3v) is 3.14. The van der Waals surface area contributed by atoms with Gasteiger partial charge in [-0.3, -0.25) is 0 Å². The molecule has 1 N–H and O–H groups in total. The van der Waals surface area contributed by atoms with Crippen molar-refractivity contribution in [1.29, 1.82) is 0 Å². The molecule has 2 heteroatoms. The summed E-state index contributed by atoms with van der Waals surface area (Å²) in [5, 5.41) is 9.87. The molecule has 78 valence electrons. The monoisotopic (exact) mass is 194 g/mol. The van der Waals surface area contributed by atoms with Crippen LogP contribution < -0.4 is 0 Å². The van der Waals surface area contributed by atoms with Crippen molar-refractivity contribution in [3.05, 3.63) is 23.7 Å². The number of rotatable bonds is 4. The quantitative estimate of drug-likeness (QED) is 0.799. The molecule has 1 heterocycles. The maximum atomic E-state index is 9.87. The van der Waals surface area contributed by atoms with Gasteiger partial charge >= 0.3 is 0 Å². The molecule has 1 aromatic rings. The molecule has 2 nitrogen and oxygen atoms in total. The molecule has 0 bridgehead atoms. The highest BCUT2D eigenvalue weighted by atomic mass is 16.4. The van der Waals surface area contributed by atoms with Gasteiger partial charge in [-0.1, -0.05) is 26.2 Å². The van der Waals surface area contributed by atoms with Gasteiger partial charge in [-0.25, -0.2) is 0 Å². The van der Waals surface area contributed by atoms with E-state index in [1.165, 1.54) is 19.3 Å². The Morgan fingerprint density at radius 2 is 2.29 bits per heavy atom. The summed E-state index contributed by atoms with van der Waals surface area (Å²) in [5.41, 5.74) is 0. The predicted molar refractivity (Wildman–Crippen MR) is 55.0 cm³/mol. The topological polar surface area (TPSA) is 33.4 Å². The molecular weight excluding hydrogens is 176 g/mol. The van der Waals surface area contributed by atoms with E-state index in [2.05, 4.69) is 6.92 Å². The number of aliphatic hydroxyl groups is 1. The Bertz CT molecular complexity index is 286. The molecule has 14 heavy (non-hydrogen) atoms. The predicted octanol–water partition coefficient (Wildman–Crippen LogP) is 3.07. The van der Waals surface area contributed by atoms with Crippen LogP contribution >= 0.6 is 0 Å². The first kappa shape index (κ1) is 9.78. The summed E-state index contributed by atoms with van der Waals surface area (Å²) in [6.07, 6.45) is 5.26. The van der Waals surface area contributed by atoms with Crippen molar-refractivity contribution in [2.45, 2.75) is 45.1 Å². The highest BCUT2D eigenvalue weighted by Crippen LogP contribution is 2.35. The third kappa shape index (κ3) is 2.01. The molecule has 0 aromatic carbocycles. The van der Waals surface area contributed by atoms with Crippen LogP contribution in [0.3, 0.4) is 0 Å². The van der Waals surface area contributed by atoms with Gasteiger partial charge in [0, 0.05) is 6.42 Å². The Hall–Kier alpha value is -0.760. The van der Waals surface area contributed by atoms with Crippen LogP contribution in [0.15, 0.2) is 16.5 Å². The SMILES string of the molecule is CCc1ccc(C(O)CC2CCC2)o1. The number of hydrogen-bond donors (Lipinski definition) is 1. The molecule has 0 amide bonds. The Morgan fingerprint density at radius 1 is 1.50 bits per heavy atom. The molecule has 0 spiro atoms. The maximum absolute atomic E-state index is 9.87. The summed E-state index contributed by atoms with van der Waals surface area (Å²) < 4.78 is 5.51. The van der Waals surface area contributed by atoms with E-state index in [1.54, 1.807) is 0 Å². The fourth-order valence-corrected chi connectivity index (χ4v) is 1.92. The van der Waals surface area contributed by atoms with Crippen molar-refractivity contribution >= 4 is 0 Å². The maximum Gasteiger partial charge on any atom is 0.132 e. The van der Waals surface area contributed by atoms with Crippen LogP contribution in [0.25, 0.3) is 0 Å². The van der Waals surface area contributed by atoms with E-state index < -0.39 is 0 Å². The standard InChI is InChI=1S/C12H18O2/c1-2-10-6-7-12(14-10)11(13)8-9-4-3-5-9/h6-7,9,11,13H,2-5,8H2,1H3. The Labute approximate surface area is 84.9 Å². The minimum atomic E-state index is -0.388. The number of aryl methyl sites for hydroxylation is 1. The van der Waals surface area contributed by atoms with Gasteiger partial charge in [0.25, 0.3) is 0 Å². The van der Waals surface area contributed by atoms with E-state index >= 15 is 0 Å². The van der Waals surface area contributed by atoms with Crippen LogP contribution in [-0.2, 0) is 6.42 Å². The van der Waals surface area contributed by atoms with E-state index in [0.29, 0.717) is 0 Å². The molecule has 1 atom stereocenters. The van der Waals surface area contributed by atoms with E-state index in [1.807, 2.05) is 12.1 Å². The Kier molecular flexibility index (Phi) is 2.92. The first-order chi connectivity index (χ1) is 6.79. The molecule has 2 rings (SSSR count). The van der Waals surface area contributed by atoms with E-state index in [4.69, 9.17) is 4.42 Å². The smallest absolute Gasteiger partial charge is 0.132 e. The van der Waals surface area contributed by atoms with Crippen molar-refractivity contribution in [2.24, 2.45) is 5.92 Å². The number of furan rings is 1. The lowest BCUT2D eigenvalue weighted by atomic mass is 9.81. The van der Waals surface area contributed by atoms with Gasteiger partial charge < -0.3 is 9.52 Å². The van der Waals surface area contributed by atoms with Gasteiger partial charge in [-0.2, -0.15) is 0 Å². The summed E-state index contributed by atoms with van der Waals surface area (Å²) in [5.74, 6) is 2.43. The normalized spacial score (nSPS) is 19.3. The largest absolute Gasteiger partial charge is 0.463 e. The second kappa shape index (κ2) is 4.18. The van der Waals surface area contributed by atoms with Crippen molar-refractivity contribution in [1.82, 2.24) is 0 Å². The van der Waals surface area contributed by atoms with E-state index in [9.17, 15) is 5.11 Å². The Morgan fingerprint density at radius 3 is 2.79 bits per heavy atom. The lowest BCUT2D eigenvalue weighted by molar-refractivity contribution is 0.0973. The molecule has 0 radical (unpaired) electrons. The minimum absolute atomic E-state index is 0.388. The molecule has 1 fully saturated rings. The fraction of sp³-hybridized carbons (Fsp3) is 0.667. The van der Waals surface area contributed by atoms with Crippen LogP contribution in [0, 0.1) is 5.92 Å². The zero-order valence-electron chi connectivity index (χ0n) is 8.70.